The van der Waals surface area contributed by atoms with E-state index < -0.39 is 17.7 Å². The van der Waals surface area contributed by atoms with Crippen LogP contribution >= 0.6 is 15.9 Å². The summed E-state index contributed by atoms with van der Waals surface area (Å²) in [6.07, 6.45) is 1.60. The second-order valence-electron chi connectivity index (χ2n) is 3.87. The van der Waals surface area contributed by atoms with E-state index in [2.05, 4.69) is 31.5 Å². The van der Waals surface area contributed by atoms with Crippen LogP contribution in [0.4, 0.5) is 19.3 Å². The summed E-state index contributed by atoms with van der Waals surface area (Å²) >= 11 is 2.99. The average molecular weight is 342 g/mol. The Kier molecular flexibility index (Phi) is 4.62. The molecule has 0 saturated heterocycles. The quantitative estimate of drug-likeness (QED) is 0.898. The van der Waals surface area contributed by atoms with Crippen LogP contribution in [0.5, 0.6) is 0 Å². The van der Waals surface area contributed by atoms with Crippen molar-refractivity contribution in [3.63, 3.8) is 0 Å². The van der Waals surface area contributed by atoms with Crippen molar-refractivity contribution in [2.45, 2.75) is 6.54 Å². The molecule has 0 aliphatic rings. The molecule has 2 amide bonds. The van der Waals surface area contributed by atoms with Gasteiger partial charge in [-0.05, 0) is 34.1 Å². The number of pyridine rings is 1. The zero-order valence-electron chi connectivity index (χ0n) is 10.2. The van der Waals surface area contributed by atoms with Gasteiger partial charge in [0.1, 0.15) is 5.82 Å². The van der Waals surface area contributed by atoms with E-state index in [0.29, 0.717) is 11.8 Å². The van der Waals surface area contributed by atoms with Gasteiger partial charge in [-0.25, -0.2) is 13.6 Å². The van der Waals surface area contributed by atoms with Crippen molar-refractivity contribution in [2.24, 2.45) is 0 Å². The minimum Gasteiger partial charge on any atom is -0.332 e. The number of nitrogens with zero attached hydrogens (tertiary/aromatic N) is 1. The maximum absolute atomic E-state index is 13.5. The molecule has 0 saturated carbocycles. The van der Waals surface area contributed by atoms with Crippen LogP contribution in [-0.4, -0.2) is 11.0 Å². The van der Waals surface area contributed by atoms with Crippen LogP contribution in [0.2, 0.25) is 0 Å². The lowest BCUT2D eigenvalue weighted by Gasteiger charge is -2.10. The molecule has 4 nitrogen and oxygen atoms in total. The van der Waals surface area contributed by atoms with E-state index in [-0.39, 0.29) is 16.7 Å². The Morgan fingerprint density at radius 1 is 1.30 bits per heavy atom. The van der Waals surface area contributed by atoms with Gasteiger partial charge >= 0.3 is 6.03 Å². The average Bonchev–Trinajstić information content (AvgIpc) is 2.42. The Morgan fingerprint density at radius 2 is 2.10 bits per heavy atom. The van der Waals surface area contributed by atoms with Gasteiger partial charge < -0.3 is 10.6 Å². The van der Waals surface area contributed by atoms with Crippen LogP contribution in [0.15, 0.2) is 41.0 Å². The lowest BCUT2D eigenvalue weighted by molar-refractivity contribution is 0.251. The highest BCUT2D eigenvalue weighted by molar-refractivity contribution is 9.10. The van der Waals surface area contributed by atoms with Gasteiger partial charge in [0.2, 0.25) is 0 Å². The number of aromatic nitrogens is 1. The number of benzene rings is 1. The third kappa shape index (κ3) is 3.74. The molecule has 0 aliphatic carbocycles. The second kappa shape index (κ2) is 6.42. The number of urea groups is 1. The first-order chi connectivity index (χ1) is 9.56. The second-order valence-corrected chi connectivity index (χ2v) is 4.73. The van der Waals surface area contributed by atoms with Crippen LogP contribution in [0.25, 0.3) is 0 Å². The van der Waals surface area contributed by atoms with E-state index in [9.17, 15) is 13.6 Å². The summed E-state index contributed by atoms with van der Waals surface area (Å²) in [5, 5.41) is 4.83. The first-order valence-electron chi connectivity index (χ1n) is 5.65. The summed E-state index contributed by atoms with van der Waals surface area (Å²) in [5.41, 5.74) is 0.547. The zero-order chi connectivity index (χ0) is 14.5. The summed E-state index contributed by atoms with van der Waals surface area (Å²) in [7, 11) is 0. The molecule has 0 atom stereocenters. The SMILES string of the molecule is O=C(NCc1ccccn1)Nc1c(F)cc(F)cc1Br. The van der Waals surface area contributed by atoms with Crippen molar-refractivity contribution in [2.75, 3.05) is 5.32 Å². The van der Waals surface area contributed by atoms with Crippen molar-refractivity contribution in [3.8, 4) is 0 Å². The van der Waals surface area contributed by atoms with E-state index in [1.807, 2.05) is 0 Å². The summed E-state index contributed by atoms with van der Waals surface area (Å²) in [4.78, 5) is 15.7. The van der Waals surface area contributed by atoms with Crippen LogP contribution in [-0.2, 0) is 6.54 Å². The first kappa shape index (κ1) is 14.4. The zero-order valence-corrected chi connectivity index (χ0v) is 11.7. The molecule has 7 heteroatoms. The van der Waals surface area contributed by atoms with Gasteiger partial charge in [-0.15, -0.1) is 0 Å². The molecule has 0 aliphatic heterocycles. The molecule has 0 radical (unpaired) electrons. The molecule has 0 unspecified atom stereocenters. The standard InChI is InChI=1S/C13H10BrF2N3O/c14-10-5-8(15)6-11(16)12(10)19-13(20)18-7-9-3-1-2-4-17-9/h1-6H,7H2,(H2,18,19,20). The number of halogens is 3. The van der Waals surface area contributed by atoms with Gasteiger partial charge in [-0.3, -0.25) is 4.98 Å². The Bertz CT molecular complexity index is 599. The molecule has 2 rings (SSSR count). The fourth-order valence-corrected chi connectivity index (χ4v) is 2.00. The summed E-state index contributed by atoms with van der Waals surface area (Å²) in [6.45, 7) is 0.201. The topological polar surface area (TPSA) is 54.0 Å². The fourth-order valence-electron chi connectivity index (χ4n) is 1.49. The molecule has 20 heavy (non-hydrogen) atoms. The summed E-state index contributed by atoms with van der Waals surface area (Å²) in [5.74, 6) is -1.58. The van der Waals surface area contributed by atoms with Gasteiger partial charge in [0, 0.05) is 16.7 Å². The molecule has 104 valence electrons. The predicted octanol–water partition coefficient (Wildman–Crippen LogP) is 3.44. The molecule has 1 heterocycles. The number of anilines is 1. The van der Waals surface area contributed by atoms with Crippen LogP contribution in [0.1, 0.15) is 5.69 Å². The van der Waals surface area contributed by atoms with Crippen LogP contribution in [0.3, 0.4) is 0 Å². The lowest BCUT2D eigenvalue weighted by atomic mass is 10.3. The molecular formula is C13H10BrF2N3O. The molecule has 1 aromatic heterocycles. The summed E-state index contributed by atoms with van der Waals surface area (Å²) in [6, 6.07) is 6.44. The van der Waals surface area contributed by atoms with E-state index >= 15 is 0 Å². The number of hydrogen-bond acceptors (Lipinski definition) is 2. The van der Waals surface area contributed by atoms with Crippen molar-refractivity contribution in [3.05, 3.63) is 58.3 Å². The number of carbonyl (C=O) groups is 1. The molecule has 2 aromatic rings. The van der Waals surface area contributed by atoms with Crippen LogP contribution in [0, 0.1) is 11.6 Å². The smallest absolute Gasteiger partial charge is 0.319 e. The maximum atomic E-state index is 13.5. The molecule has 0 fully saturated rings. The fraction of sp³-hybridized carbons (Fsp3) is 0.0769. The predicted molar refractivity (Wildman–Crippen MR) is 74.2 cm³/mol. The Balaban J connectivity index is 1.98. The molecule has 0 bridgehead atoms. The number of carbonyl (C=O) groups excluding carboxylic acids is 1. The molecular weight excluding hydrogens is 332 g/mol. The Labute approximate surface area is 122 Å². The highest BCUT2D eigenvalue weighted by atomic mass is 79.9. The third-order valence-corrected chi connectivity index (χ3v) is 3.03. The molecule has 2 N–H and O–H groups in total. The first-order valence-corrected chi connectivity index (χ1v) is 6.45. The minimum atomic E-state index is -0.857. The largest absolute Gasteiger partial charge is 0.332 e. The van der Waals surface area contributed by atoms with Gasteiger partial charge in [-0.1, -0.05) is 6.07 Å². The highest BCUT2D eigenvalue weighted by Crippen LogP contribution is 2.26. The van der Waals surface area contributed by atoms with E-state index in [1.54, 1.807) is 24.4 Å². The number of amides is 2. The Hall–Kier alpha value is -2.02. The highest BCUT2D eigenvalue weighted by Gasteiger charge is 2.12. The van der Waals surface area contributed by atoms with Crippen molar-refractivity contribution in [1.29, 1.82) is 0 Å². The number of nitrogens with one attached hydrogen (secondary N) is 2. The lowest BCUT2D eigenvalue weighted by Crippen LogP contribution is -2.29. The number of rotatable bonds is 3. The molecule has 1 aromatic carbocycles. The summed E-state index contributed by atoms with van der Waals surface area (Å²) < 4.78 is 26.5. The van der Waals surface area contributed by atoms with Crippen LogP contribution < -0.4 is 10.6 Å². The van der Waals surface area contributed by atoms with E-state index in [0.717, 1.165) is 6.07 Å². The van der Waals surface area contributed by atoms with Gasteiger partial charge in [0.25, 0.3) is 0 Å². The minimum absolute atomic E-state index is 0.120. The molecule has 0 spiro atoms. The van der Waals surface area contributed by atoms with Crippen molar-refractivity contribution >= 4 is 27.6 Å². The van der Waals surface area contributed by atoms with Crippen molar-refractivity contribution in [1.82, 2.24) is 10.3 Å². The Morgan fingerprint density at radius 3 is 2.75 bits per heavy atom. The van der Waals surface area contributed by atoms with Gasteiger partial charge in [0.05, 0.1) is 17.9 Å². The normalized spacial score (nSPS) is 10.2. The van der Waals surface area contributed by atoms with Gasteiger partial charge in [0.15, 0.2) is 5.82 Å². The third-order valence-electron chi connectivity index (χ3n) is 2.40. The maximum Gasteiger partial charge on any atom is 0.319 e. The van der Waals surface area contributed by atoms with E-state index in [1.165, 1.54) is 0 Å². The van der Waals surface area contributed by atoms with Gasteiger partial charge in [-0.2, -0.15) is 0 Å². The van der Waals surface area contributed by atoms with E-state index in [4.69, 9.17) is 0 Å². The number of hydrogen-bond donors (Lipinski definition) is 2. The monoisotopic (exact) mass is 341 g/mol. The van der Waals surface area contributed by atoms with Crippen molar-refractivity contribution < 1.29 is 13.6 Å².